The van der Waals surface area contributed by atoms with Crippen molar-refractivity contribution in [1.29, 1.82) is 0 Å². The fourth-order valence-electron chi connectivity index (χ4n) is 11.6. The Labute approximate surface area is 597 Å². The van der Waals surface area contributed by atoms with Crippen molar-refractivity contribution in [3.63, 3.8) is 0 Å². The molecule has 31 heteroatoms. The van der Waals surface area contributed by atoms with Gasteiger partial charge in [0, 0.05) is 154 Å². The van der Waals surface area contributed by atoms with Crippen molar-refractivity contribution in [3.8, 4) is 0 Å². The number of anilines is 9. The molecule has 2 aliphatic rings. The predicted octanol–water partition coefficient (Wildman–Crippen LogP) is 11.7. The van der Waals surface area contributed by atoms with Crippen LogP contribution >= 0.6 is 11.3 Å². The number of nitrogens with zero attached hydrogens (tertiary/aromatic N) is 15. The zero-order valence-electron chi connectivity index (χ0n) is 58.3. The Kier molecular flexibility index (Phi) is 25.4. The van der Waals surface area contributed by atoms with E-state index in [1.54, 1.807) is 85.2 Å². The van der Waals surface area contributed by atoms with Crippen molar-refractivity contribution < 1.29 is 41.9 Å². The molecule has 0 saturated carbocycles. The number of rotatable bonds is 26. The molecular weight excluding hydrogens is 1340 g/mol. The van der Waals surface area contributed by atoms with E-state index in [-0.39, 0.29) is 76.6 Å². The maximum Gasteiger partial charge on any atom is 0.243 e. The number of likely N-dealkylation sites (tertiary alicyclic amines) is 2. The Morgan fingerprint density at radius 1 is 0.524 bits per heavy atom. The van der Waals surface area contributed by atoms with Gasteiger partial charge >= 0.3 is 0 Å². The third-order valence-electron chi connectivity index (χ3n) is 17.2. The van der Waals surface area contributed by atoms with Crippen molar-refractivity contribution in [3.05, 3.63) is 179 Å². The van der Waals surface area contributed by atoms with Crippen molar-refractivity contribution in [2.45, 2.75) is 112 Å². The summed E-state index contributed by atoms with van der Waals surface area (Å²) in [5.41, 5.74) is 6.19. The predicted molar refractivity (Wildman–Crippen MR) is 387 cm³/mol. The minimum absolute atomic E-state index is 0.0321. The minimum Gasteiger partial charge on any atom is -0.379 e. The zero-order valence-corrected chi connectivity index (χ0v) is 59.1. The molecule has 0 bridgehead atoms. The van der Waals surface area contributed by atoms with Crippen LogP contribution in [0.2, 0.25) is 0 Å². The number of Topliss-reactive ketones (excluding diaryl/α,β-unsaturated/α-hetero) is 3. The van der Waals surface area contributed by atoms with Crippen LogP contribution in [0.4, 0.5) is 64.7 Å². The van der Waals surface area contributed by atoms with Crippen LogP contribution in [0, 0.1) is 29.3 Å². The number of carbonyl (C=O) groups is 6. The minimum atomic E-state index is -0.940. The van der Waals surface area contributed by atoms with Crippen LogP contribution in [0.5, 0.6) is 0 Å². The van der Waals surface area contributed by atoms with Crippen molar-refractivity contribution >= 4 is 108 Å². The monoisotopic (exact) mass is 1430 g/mol. The number of fused-ring (bicyclic) bond motifs is 1. The fourth-order valence-corrected chi connectivity index (χ4v) is 12.6. The highest BCUT2D eigenvalue weighted by molar-refractivity contribution is 7.17. The van der Waals surface area contributed by atoms with Crippen LogP contribution in [0.25, 0.3) is 10.1 Å². The van der Waals surface area contributed by atoms with Crippen LogP contribution in [-0.4, -0.2) is 150 Å². The molecule has 3 aromatic carbocycles. The number of amides is 3. The average Bonchev–Trinajstić information content (AvgIpc) is 1.64. The van der Waals surface area contributed by atoms with E-state index in [0.29, 0.717) is 83.7 Å². The summed E-state index contributed by atoms with van der Waals surface area (Å²) in [4.78, 5) is 77.1. The summed E-state index contributed by atoms with van der Waals surface area (Å²) in [7, 11) is 3.40. The lowest BCUT2D eigenvalue weighted by atomic mass is 9.96. The molecule has 2 saturated heterocycles. The van der Waals surface area contributed by atoms with Gasteiger partial charge < -0.3 is 46.6 Å². The standard InChI is InChI=1S/C25H29F2N7O2.C25H30FN7O2.C22H23N7O2S/c1-3-23(36)33-9-7-17(8-10-33)14-34-15-19(13-29-34)30-22-11-21(25(16(2)35)32-31-22)28-12-18-5-4-6-20(26)24(18)27;1-3-24(35)32-9-7-18(8-10-32)15-33-16-21(14-28-33)29-23-12-22(25(17(2)34)31-30-23)27-13-19-5-4-6-20(26)11-19;1-14(30)21-18(23-10-16-6-4-5-15-7-8-32-22(15)16)9-19(26-27-21)25-17-11-24-29(12-17)13-20(31)28(2)3/h4-6,11,13,15,17H,3,7-10,12,14H2,1-2H3,(H2,28,30,31);4-6,11-12,14,16,18H,3,7-10,13,15H2,1-2H3,(H2,27,29,30);4-9,11-12H,10,13H2,1-3H3,(H2,23,25,26). The molecule has 0 radical (unpaired) electrons. The van der Waals surface area contributed by atoms with Crippen LogP contribution in [0.15, 0.2) is 127 Å². The number of aromatic nitrogens is 12. The SMILES string of the molecule is CC(=O)c1nnc(Nc2cnn(CC(=O)N(C)C)c2)cc1NCc1cccc2ccsc12.CCC(=O)N1CCC(Cn2cc(Nc3cc(NCc4cccc(F)c4)c(C(C)=O)nn3)cn2)CC1.CCC(=O)N1CCC(Cn2cc(Nc3cc(NCc4cccc(F)c4F)c(C(C)=O)nn3)cn2)CC1. The third-order valence-corrected chi connectivity index (χ3v) is 18.2. The van der Waals surface area contributed by atoms with Gasteiger partial charge in [0.1, 0.15) is 12.4 Å². The Morgan fingerprint density at radius 2 is 0.961 bits per heavy atom. The normalized spacial score (nSPS) is 13.1. The number of likely N-dealkylation sites (N-methyl/N-ethyl adjacent to an activating group) is 1. The maximum absolute atomic E-state index is 14.0. The van der Waals surface area contributed by atoms with Crippen molar-refractivity contribution in [2.75, 3.05) is 72.2 Å². The molecule has 7 aromatic heterocycles. The highest BCUT2D eigenvalue weighted by Crippen LogP contribution is 2.30. The number of hydrogen-bond donors (Lipinski definition) is 6. The van der Waals surface area contributed by atoms with E-state index >= 15 is 0 Å². The number of carbonyl (C=O) groups excluding carboxylic acids is 6. The number of nitrogens with one attached hydrogen (secondary N) is 6. The van der Waals surface area contributed by atoms with E-state index in [4.69, 9.17) is 0 Å². The van der Waals surface area contributed by atoms with E-state index in [1.807, 2.05) is 51.5 Å². The van der Waals surface area contributed by atoms with Gasteiger partial charge in [-0.15, -0.1) is 41.9 Å². The quantitative estimate of drug-likeness (QED) is 0.0274. The first kappa shape index (κ1) is 74.2. The van der Waals surface area contributed by atoms with Crippen LogP contribution in [0.1, 0.15) is 121 Å². The number of thiophene rings is 1. The molecule has 27 nitrogen and oxygen atoms in total. The number of ketones is 3. The van der Waals surface area contributed by atoms with Gasteiger partial charge in [0.15, 0.2) is 63.5 Å². The Morgan fingerprint density at radius 3 is 1.43 bits per heavy atom. The molecule has 0 spiro atoms. The highest BCUT2D eigenvalue weighted by Gasteiger charge is 2.25. The van der Waals surface area contributed by atoms with Gasteiger partial charge in [0.05, 0.1) is 52.7 Å². The lowest BCUT2D eigenvalue weighted by molar-refractivity contribution is -0.133. The first-order valence-electron chi connectivity index (χ1n) is 33.8. The molecule has 2 aliphatic heterocycles. The van der Waals surface area contributed by atoms with Gasteiger partial charge in [-0.25, -0.2) is 13.2 Å². The lowest BCUT2D eigenvalue weighted by Crippen LogP contribution is -2.38. The maximum atomic E-state index is 14.0. The van der Waals surface area contributed by atoms with E-state index in [0.717, 1.165) is 87.8 Å². The third kappa shape index (κ3) is 20.6. The Balaban J connectivity index is 0.000000166. The molecule has 0 unspecified atom stereocenters. The van der Waals surface area contributed by atoms with Crippen LogP contribution in [0.3, 0.4) is 0 Å². The van der Waals surface area contributed by atoms with E-state index in [2.05, 4.69) is 101 Å². The molecule has 103 heavy (non-hydrogen) atoms. The Bertz CT molecular complexity index is 4620. The first-order chi connectivity index (χ1) is 49.6. The van der Waals surface area contributed by atoms with E-state index < -0.39 is 11.6 Å². The van der Waals surface area contributed by atoms with E-state index in [9.17, 15) is 41.9 Å². The molecule has 538 valence electrons. The first-order valence-corrected chi connectivity index (χ1v) is 34.7. The van der Waals surface area contributed by atoms with Gasteiger partial charge in [0.25, 0.3) is 0 Å². The molecule has 6 N–H and O–H groups in total. The second-order valence-corrected chi connectivity index (χ2v) is 26.1. The smallest absolute Gasteiger partial charge is 0.243 e. The molecule has 0 aliphatic carbocycles. The molecule has 10 aromatic rings. The lowest BCUT2D eigenvalue weighted by Gasteiger charge is -2.31. The number of hydrogen-bond acceptors (Lipinski definition) is 22. The summed E-state index contributed by atoms with van der Waals surface area (Å²) in [5, 5.41) is 59.7. The zero-order chi connectivity index (χ0) is 73.1. The number of benzene rings is 3. The van der Waals surface area contributed by atoms with Gasteiger partial charge in [0.2, 0.25) is 17.7 Å². The molecule has 9 heterocycles. The van der Waals surface area contributed by atoms with Crippen molar-refractivity contribution in [1.82, 2.24) is 74.6 Å². The fraction of sp³-hybridized carbons (Fsp3) is 0.347. The van der Waals surface area contributed by atoms with Crippen LogP contribution < -0.4 is 31.9 Å². The summed E-state index contributed by atoms with van der Waals surface area (Å²) in [6, 6.07) is 23.5. The number of piperidine rings is 2. The largest absolute Gasteiger partial charge is 0.379 e. The topological polar surface area (TPSA) is 315 Å². The van der Waals surface area contributed by atoms with Gasteiger partial charge in [-0.2, -0.15) is 15.3 Å². The van der Waals surface area contributed by atoms with Crippen LogP contribution in [-0.2, 0) is 53.7 Å². The molecule has 0 atom stereocenters. The summed E-state index contributed by atoms with van der Waals surface area (Å²) in [6.45, 7) is 13.7. The van der Waals surface area contributed by atoms with Gasteiger partial charge in [-0.3, -0.25) is 42.8 Å². The second kappa shape index (κ2) is 35.2. The molecule has 2 fully saturated rings. The molecule has 12 rings (SSSR count). The Hall–Kier alpha value is -11.5. The molecule has 3 amide bonds. The van der Waals surface area contributed by atoms with Gasteiger partial charge in [-0.1, -0.05) is 56.3 Å². The van der Waals surface area contributed by atoms with Crippen molar-refractivity contribution in [2.24, 2.45) is 11.8 Å². The summed E-state index contributed by atoms with van der Waals surface area (Å²) in [5.74, 6) is -0.331. The summed E-state index contributed by atoms with van der Waals surface area (Å²) in [6.07, 6.45) is 15.4. The average molecular weight is 1430 g/mol. The van der Waals surface area contributed by atoms with Gasteiger partial charge in [-0.05, 0) is 83.7 Å². The summed E-state index contributed by atoms with van der Waals surface area (Å²) < 4.78 is 47.5. The molecular formula is C72H82F3N21O6S. The number of halogens is 3. The van der Waals surface area contributed by atoms with E-state index in [1.165, 1.54) is 60.0 Å². The summed E-state index contributed by atoms with van der Waals surface area (Å²) >= 11 is 1.69. The highest BCUT2D eigenvalue weighted by atomic mass is 32.1. The second-order valence-electron chi connectivity index (χ2n) is 25.2.